The Bertz CT molecular complexity index is 1170. The van der Waals surface area contributed by atoms with E-state index in [2.05, 4.69) is 20.3 Å². The van der Waals surface area contributed by atoms with Crippen LogP contribution < -0.4 is 5.32 Å². The van der Waals surface area contributed by atoms with Gasteiger partial charge in [0.2, 0.25) is 0 Å². The number of carbonyl (C=O) groups excluding carboxylic acids is 1. The lowest BCUT2D eigenvalue weighted by Gasteiger charge is -2.08. The molecule has 0 bridgehead atoms. The highest BCUT2D eigenvalue weighted by atomic mass is 32.1. The number of amides is 1. The Labute approximate surface area is 159 Å². The molecule has 0 aliphatic rings. The van der Waals surface area contributed by atoms with Crippen LogP contribution in [0.4, 0.5) is 22.7 Å². The van der Waals surface area contributed by atoms with Crippen LogP contribution in [-0.2, 0) is 6.18 Å². The van der Waals surface area contributed by atoms with Crippen molar-refractivity contribution >= 4 is 33.4 Å². The molecule has 5 nitrogen and oxygen atoms in total. The van der Waals surface area contributed by atoms with Crippen LogP contribution >= 0.6 is 11.3 Å². The van der Waals surface area contributed by atoms with Gasteiger partial charge in [-0.1, -0.05) is 6.07 Å². The van der Waals surface area contributed by atoms with E-state index in [1.54, 1.807) is 17.5 Å². The van der Waals surface area contributed by atoms with Gasteiger partial charge in [-0.2, -0.15) is 13.2 Å². The Kier molecular flexibility index (Phi) is 4.34. The molecule has 4 rings (SSSR count). The Morgan fingerprint density at radius 3 is 2.71 bits per heavy atom. The number of fused-ring (bicyclic) bond motifs is 1. The normalized spacial score (nSPS) is 11.7. The van der Waals surface area contributed by atoms with Crippen LogP contribution in [0, 0.1) is 5.82 Å². The molecule has 2 aromatic heterocycles. The molecule has 142 valence electrons. The molecule has 2 heterocycles. The minimum absolute atomic E-state index is 0.104. The summed E-state index contributed by atoms with van der Waals surface area (Å²) in [6.45, 7) is 0. The fourth-order valence-electron chi connectivity index (χ4n) is 2.68. The molecule has 0 unspecified atom stereocenters. The molecule has 28 heavy (non-hydrogen) atoms. The van der Waals surface area contributed by atoms with E-state index < -0.39 is 23.5 Å². The van der Waals surface area contributed by atoms with Gasteiger partial charge in [-0.15, -0.1) is 11.3 Å². The molecule has 0 aliphatic heterocycles. The molecule has 1 amide bonds. The van der Waals surface area contributed by atoms with Gasteiger partial charge < -0.3 is 4.98 Å². The third kappa shape index (κ3) is 3.33. The number of anilines is 1. The molecule has 4 aromatic rings. The molecule has 2 aromatic carbocycles. The van der Waals surface area contributed by atoms with E-state index in [0.717, 1.165) is 6.07 Å². The summed E-state index contributed by atoms with van der Waals surface area (Å²) in [4.78, 5) is 23.4. The number of para-hydroxylation sites is 1. The first-order chi connectivity index (χ1) is 13.3. The zero-order chi connectivity index (χ0) is 19.9. The molecule has 0 spiro atoms. The van der Waals surface area contributed by atoms with Crippen molar-refractivity contribution in [3.63, 3.8) is 0 Å². The van der Waals surface area contributed by atoms with Crippen LogP contribution in [0.1, 0.15) is 15.9 Å². The van der Waals surface area contributed by atoms with Crippen molar-refractivity contribution in [2.45, 2.75) is 6.18 Å². The average Bonchev–Trinajstić information content (AvgIpc) is 3.29. The second kappa shape index (κ2) is 6.71. The van der Waals surface area contributed by atoms with Crippen molar-refractivity contribution in [3.8, 4) is 11.4 Å². The monoisotopic (exact) mass is 406 g/mol. The number of aromatic nitrogens is 3. The Morgan fingerprint density at radius 2 is 2.00 bits per heavy atom. The third-order valence-electron chi connectivity index (χ3n) is 3.96. The van der Waals surface area contributed by atoms with Crippen molar-refractivity contribution in [2.75, 3.05) is 5.32 Å². The van der Waals surface area contributed by atoms with E-state index >= 15 is 0 Å². The maximum absolute atomic E-state index is 14.2. The summed E-state index contributed by atoms with van der Waals surface area (Å²) in [6, 6.07) is 6.78. The van der Waals surface area contributed by atoms with Crippen LogP contribution in [0.25, 0.3) is 22.4 Å². The highest BCUT2D eigenvalue weighted by Crippen LogP contribution is 2.33. The smallest absolute Gasteiger partial charge is 0.338 e. The van der Waals surface area contributed by atoms with Crippen molar-refractivity contribution in [2.24, 2.45) is 0 Å². The maximum Gasteiger partial charge on any atom is 0.416 e. The number of hydrogen-bond donors (Lipinski definition) is 2. The number of H-pyrrole nitrogens is 1. The summed E-state index contributed by atoms with van der Waals surface area (Å²) in [5, 5.41) is 4.70. The largest absolute Gasteiger partial charge is 0.416 e. The molecule has 0 radical (unpaired) electrons. The van der Waals surface area contributed by atoms with Gasteiger partial charge >= 0.3 is 6.18 Å². The number of alkyl halides is 3. The van der Waals surface area contributed by atoms with Crippen LogP contribution in [0.5, 0.6) is 0 Å². The van der Waals surface area contributed by atoms with Gasteiger partial charge in [0.25, 0.3) is 5.91 Å². The molecule has 0 saturated carbocycles. The Morgan fingerprint density at radius 1 is 1.18 bits per heavy atom. The highest BCUT2D eigenvalue weighted by Gasteiger charge is 2.31. The summed E-state index contributed by atoms with van der Waals surface area (Å²) in [7, 11) is 0. The number of rotatable bonds is 3. The number of benzene rings is 2. The van der Waals surface area contributed by atoms with Gasteiger partial charge in [0, 0.05) is 11.6 Å². The second-order valence-electron chi connectivity index (χ2n) is 5.77. The second-order valence-corrected chi connectivity index (χ2v) is 6.67. The van der Waals surface area contributed by atoms with E-state index in [9.17, 15) is 22.4 Å². The zero-order valence-electron chi connectivity index (χ0n) is 13.8. The lowest BCUT2D eigenvalue weighted by molar-refractivity contribution is -0.137. The van der Waals surface area contributed by atoms with Gasteiger partial charge in [-0.3, -0.25) is 10.1 Å². The lowest BCUT2D eigenvalue weighted by atomic mass is 10.1. The number of imidazole rings is 1. The van der Waals surface area contributed by atoms with Gasteiger partial charge in [0.1, 0.15) is 17.2 Å². The molecule has 0 aliphatic carbocycles. The summed E-state index contributed by atoms with van der Waals surface area (Å²) >= 11 is 1.23. The summed E-state index contributed by atoms with van der Waals surface area (Å²) < 4.78 is 53.0. The van der Waals surface area contributed by atoms with Crippen LogP contribution in [0.3, 0.4) is 0 Å². The van der Waals surface area contributed by atoms with Gasteiger partial charge in [-0.25, -0.2) is 14.4 Å². The fourth-order valence-corrected chi connectivity index (χ4v) is 3.20. The summed E-state index contributed by atoms with van der Waals surface area (Å²) in [5.41, 5.74) is -0.548. The van der Waals surface area contributed by atoms with Crippen LogP contribution in [-0.4, -0.2) is 20.9 Å². The van der Waals surface area contributed by atoms with E-state index in [-0.39, 0.29) is 22.5 Å². The van der Waals surface area contributed by atoms with Gasteiger partial charge in [0.15, 0.2) is 5.13 Å². The van der Waals surface area contributed by atoms with Crippen LogP contribution in [0.15, 0.2) is 48.0 Å². The maximum atomic E-state index is 14.2. The van der Waals surface area contributed by atoms with Crippen molar-refractivity contribution < 1.29 is 22.4 Å². The van der Waals surface area contributed by atoms with Crippen LogP contribution in [0.2, 0.25) is 0 Å². The number of carbonyl (C=O) groups is 1. The van der Waals surface area contributed by atoms with Crippen molar-refractivity contribution in [1.82, 2.24) is 15.0 Å². The average molecular weight is 406 g/mol. The molecule has 0 saturated heterocycles. The summed E-state index contributed by atoms with van der Waals surface area (Å²) in [5.74, 6) is -1.45. The number of hydrogen-bond acceptors (Lipinski definition) is 4. The zero-order valence-corrected chi connectivity index (χ0v) is 14.7. The van der Waals surface area contributed by atoms with Crippen molar-refractivity contribution in [1.29, 1.82) is 0 Å². The Hall–Kier alpha value is -3.27. The number of nitrogens with zero attached hydrogens (tertiary/aromatic N) is 2. The molecular formula is C18H10F4N4OS. The highest BCUT2D eigenvalue weighted by molar-refractivity contribution is 7.13. The summed E-state index contributed by atoms with van der Waals surface area (Å²) in [6.07, 6.45) is -3.09. The first-order valence-electron chi connectivity index (χ1n) is 7.89. The lowest BCUT2D eigenvalue weighted by Crippen LogP contribution is -2.12. The quantitative estimate of drug-likeness (QED) is 0.465. The number of thiazole rings is 1. The van der Waals surface area contributed by atoms with E-state index in [0.29, 0.717) is 22.8 Å². The molecular weight excluding hydrogens is 396 g/mol. The standard InChI is InChI=1S/C18H10F4N4OS/c19-12-5-4-9(18(20,21)22)8-11(12)15-24-13-3-1-2-10(14(13)25-15)16(27)26-17-23-6-7-28-17/h1-8H,(H,24,25)(H,23,26,27). The van der Waals surface area contributed by atoms with Gasteiger partial charge in [0.05, 0.1) is 22.2 Å². The first-order valence-corrected chi connectivity index (χ1v) is 8.77. The number of halogens is 4. The van der Waals surface area contributed by atoms with E-state index in [4.69, 9.17) is 0 Å². The predicted molar refractivity (Wildman–Crippen MR) is 96.6 cm³/mol. The molecule has 0 atom stereocenters. The predicted octanol–water partition coefficient (Wildman–Crippen LogP) is 5.10. The Balaban J connectivity index is 1.78. The number of nitrogens with one attached hydrogen (secondary N) is 2. The molecule has 0 fully saturated rings. The van der Waals surface area contributed by atoms with E-state index in [1.165, 1.54) is 23.6 Å². The van der Waals surface area contributed by atoms with E-state index in [1.807, 2.05) is 0 Å². The number of aromatic amines is 1. The minimum atomic E-state index is -4.62. The van der Waals surface area contributed by atoms with Gasteiger partial charge in [-0.05, 0) is 30.3 Å². The first kappa shape index (κ1) is 18.1. The molecule has 2 N–H and O–H groups in total. The minimum Gasteiger partial charge on any atom is -0.338 e. The fraction of sp³-hybridized carbons (Fsp3) is 0.0556. The topological polar surface area (TPSA) is 70.7 Å². The molecule has 10 heteroatoms. The van der Waals surface area contributed by atoms with Crippen molar-refractivity contribution in [3.05, 3.63) is 64.9 Å². The SMILES string of the molecule is O=C(Nc1nccs1)c1cccc2[nH]c(-c3cc(C(F)(F)F)ccc3F)nc12. The third-order valence-corrected chi connectivity index (χ3v) is 4.65.